The number of methoxy groups -OCH3 is 1. The summed E-state index contributed by atoms with van der Waals surface area (Å²) in [4.78, 5) is 10.9. The second kappa shape index (κ2) is 5.86. The largest absolute Gasteiger partial charge is 0.468 e. The summed E-state index contributed by atoms with van der Waals surface area (Å²) >= 11 is 0. The molecular weight excluding hydrogens is 247 g/mol. The smallest absolute Gasteiger partial charge is 0.416 e. The summed E-state index contributed by atoms with van der Waals surface area (Å²) in [7, 11) is 1.22. The topological polar surface area (TPSA) is 38.3 Å². The van der Waals surface area contributed by atoms with Crippen LogP contribution in [0.3, 0.4) is 0 Å². The number of halogens is 3. The van der Waals surface area contributed by atoms with Gasteiger partial charge in [-0.2, -0.15) is 13.2 Å². The molecule has 0 aliphatic carbocycles. The van der Waals surface area contributed by atoms with Crippen LogP contribution in [0.5, 0.6) is 0 Å². The van der Waals surface area contributed by atoms with Gasteiger partial charge in [0.1, 0.15) is 0 Å². The summed E-state index contributed by atoms with van der Waals surface area (Å²) < 4.78 is 42.7. The van der Waals surface area contributed by atoms with Crippen molar-refractivity contribution in [3.63, 3.8) is 0 Å². The molecule has 0 heterocycles. The summed E-state index contributed by atoms with van der Waals surface area (Å²) in [6, 6.07) is 4.67. The molecule has 1 rings (SSSR count). The minimum absolute atomic E-state index is 0.105. The number of hydrogen-bond donors (Lipinski definition) is 1. The van der Waals surface area contributed by atoms with Crippen LogP contribution in [0.4, 0.5) is 13.2 Å². The first-order chi connectivity index (χ1) is 8.36. The highest BCUT2D eigenvalue weighted by molar-refractivity contribution is 5.71. The maximum atomic E-state index is 12.8. The third kappa shape index (κ3) is 3.73. The van der Waals surface area contributed by atoms with Crippen molar-refractivity contribution < 1.29 is 22.7 Å². The Bertz CT molecular complexity index is 418. The highest BCUT2D eigenvalue weighted by Gasteiger charge is 2.34. The molecule has 0 radical (unpaired) electrons. The molecule has 1 aromatic rings. The number of benzene rings is 1. The van der Waals surface area contributed by atoms with Gasteiger partial charge in [-0.3, -0.25) is 4.79 Å². The zero-order valence-corrected chi connectivity index (χ0v) is 10.0. The number of carbonyl (C=O) groups is 1. The van der Waals surface area contributed by atoms with Crippen molar-refractivity contribution in [3.05, 3.63) is 35.4 Å². The number of rotatable bonds is 4. The minimum atomic E-state index is -4.40. The Morgan fingerprint density at radius 3 is 2.56 bits per heavy atom. The Labute approximate surface area is 103 Å². The van der Waals surface area contributed by atoms with E-state index in [4.69, 9.17) is 0 Å². The fourth-order valence-electron chi connectivity index (χ4n) is 1.55. The molecule has 0 aliphatic heterocycles. The third-order valence-electron chi connectivity index (χ3n) is 2.51. The molecule has 100 valence electrons. The second-order valence-corrected chi connectivity index (χ2v) is 3.76. The third-order valence-corrected chi connectivity index (χ3v) is 2.51. The first kappa shape index (κ1) is 14.5. The van der Waals surface area contributed by atoms with Crippen LogP contribution in [0.15, 0.2) is 24.3 Å². The molecule has 1 unspecified atom stereocenters. The maximum Gasteiger partial charge on any atom is 0.416 e. The van der Waals surface area contributed by atoms with Crippen LogP contribution in [0, 0.1) is 0 Å². The molecule has 18 heavy (non-hydrogen) atoms. The molecule has 0 aliphatic rings. The number of esters is 1. The van der Waals surface area contributed by atoms with E-state index < -0.39 is 23.8 Å². The van der Waals surface area contributed by atoms with Crippen LogP contribution < -0.4 is 5.32 Å². The molecule has 3 nitrogen and oxygen atoms in total. The average molecular weight is 261 g/mol. The van der Waals surface area contributed by atoms with Crippen molar-refractivity contribution in [2.45, 2.75) is 19.1 Å². The maximum absolute atomic E-state index is 12.8. The Balaban J connectivity index is 2.86. The van der Waals surface area contributed by atoms with Gasteiger partial charge >= 0.3 is 12.1 Å². The van der Waals surface area contributed by atoms with Crippen molar-refractivity contribution in [2.75, 3.05) is 13.7 Å². The van der Waals surface area contributed by atoms with Crippen LogP contribution >= 0.6 is 0 Å². The SMILES string of the molecule is COC(=O)CNC(C)c1ccccc1C(F)(F)F. The Hall–Kier alpha value is -1.56. The van der Waals surface area contributed by atoms with Crippen molar-refractivity contribution in [1.82, 2.24) is 5.32 Å². The highest BCUT2D eigenvalue weighted by atomic mass is 19.4. The first-order valence-electron chi connectivity index (χ1n) is 5.32. The molecule has 0 bridgehead atoms. The van der Waals surface area contributed by atoms with Crippen LogP contribution in [-0.4, -0.2) is 19.6 Å². The van der Waals surface area contributed by atoms with E-state index in [-0.39, 0.29) is 12.1 Å². The molecule has 0 spiro atoms. The number of carbonyl (C=O) groups excluding carboxylic acids is 1. The van der Waals surface area contributed by atoms with Crippen LogP contribution in [-0.2, 0) is 15.7 Å². The predicted octanol–water partition coefficient (Wildman–Crippen LogP) is 2.53. The van der Waals surface area contributed by atoms with Gasteiger partial charge in [-0.25, -0.2) is 0 Å². The zero-order chi connectivity index (χ0) is 13.8. The van der Waals surface area contributed by atoms with E-state index in [1.807, 2.05) is 0 Å². The van der Waals surface area contributed by atoms with Gasteiger partial charge < -0.3 is 10.1 Å². The molecule has 0 saturated carbocycles. The second-order valence-electron chi connectivity index (χ2n) is 3.76. The molecule has 0 fully saturated rings. The number of alkyl halides is 3. The van der Waals surface area contributed by atoms with Crippen molar-refractivity contribution in [1.29, 1.82) is 0 Å². The lowest BCUT2D eigenvalue weighted by Crippen LogP contribution is -2.28. The summed E-state index contributed by atoms with van der Waals surface area (Å²) in [5.74, 6) is -0.522. The fraction of sp³-hybridized carbons (Fsp3) is 0.417. The van der Waals surface area contributed by atoms with E-state index in [1.54, 1.807) is 6.92 Å². The fourth-order valence-corrected chi connectivity index (χ4v) is 1.55. The van der Waals surface area contributed by atoms with E-state index in [9.17, 15) is 18.0 Å². The number of ether oxygens (including phenoxy) is 1. The monoisotopic (exact) mass is 261 g/mol. The quantitative estimate of drug-likeness (QED) is 0.846. The van der Waals surface area contributed by atoms with Crippen LogP contribution in [0.1, 0.15) is 24.1 Å². The van der Waals surface area contributed by atoms with Gasteiger partial charge in [0.25, 0.3) is 0 Å². The van der Waals surface area contributed by atoms with Gasteiger partial charge in [0.15, 0.2) is 0 Å². The highest BCUT2D eigenvalue weighted by Crippen LogP contribution is 2.34. The van der Waals surface area contributed by atoms with Crippen molar-refractivity contribution >= 4 is 5.97 Å². The van der Waals surface area contributed by atoms with Gasteiger partial charge in [-0.15, -0.1) is 0 Å². The standard InChI is InChI=1S/C12H14F3NO2/c1-8(16-7-11(17)18-2)9-5-3-4-6-10(9)12(13,14)15/h3-6,8,16H,7H2,1-2H3. The summed E-state index contributed by atoms with van der Waals surface area (Å²) in [5.41, 5.74) is -0.594. The summed E-state index contributed by atoms with van der Waals surface area (Å²) in [6.45, 7) is 1.43. The van der Waals surface area contributed by atoms with Crippen molar-refractivity contribution in [3.8, 4) is 0 Å². The molecule has 1 atom stereocenters. The molecule has 0 saturated heterocycles. The van der Waals surface area contributed by atoms with E-state index in [2.05, 4.69) is 10.1 Å². The van der Waals surface area contributed by atoms with Gasteiger partial charge in [0.2, 0.25) is 0 Å². The van der Waals surface area contributed by atoms with E-state index in [0.717, 1.165) is 6.07 Å². The van der Waals surface area contributed by atoms with E-state index >= 15 is 0 Å². The van der Waals surface area contributed by atoms with Crippen LogP contribution in [0.2, 0.25) is 0 Å². The Morgan fingerprint density at radius 1 is 1.39 bits per heavy atom. The van der Waals surface area contributed by atoms with E-state index in [1.165, 1.54) is 25.3 Å². The molecule has 1 N–H and O–H groups in total. The lowest BCUT2D eigenvalue weighted by molar-refractivity contribution is -0.139. The minimum Gasteiger partial charge on any atom is -0.468 e. The first-order valence-corrected chi connectivity index (χ1v) is 5.32. The van der Waals surface area contributed by atoms with Gasteiger partial charge in [0, 0.05) is 6.04 Å². The summed E-state index contributed by atoms with van der Waals surface area (Å²) in [6.07, 6.45) is -4.40. The van der Waals surface area contributed by atoms with Crippen molar-refractivity contribution in [2.24, 2.45) is 0 Å². The van der Waals surface area contributed by atoms with Gasteiger partial charge in [-0.1, -0.05) is 18.2 Å². The number of nitrogens with one attached hydrogen (secondary N) is 1. The lowest BCUT2D eigenvalue weighted by Gasteiger charge is -2.18. The molecule has 6 heteroatoms. The normalized spacial score (nSPS) is 13.2. The molecule has 0 amide bonds. The molecular formula is C12H14F3NO2. The van der Waals surface area contributed by atoms with Gasteiger partial charge in [-0.05, 0) is 18.6 Å². The van der Waals surface area contributed by atoms with Gasteiger partial charge in [0.05, 0.1) is 19.2 Å². The van der Waals surface area contributed by atoms with E-state index in [0.29, 0.717) is 0 Å². The summed E-state index contributed by atoms with van der Waals surface area (Å²) in [5, 5.41) is 2.69. The molecule has 1 aromatic carbocycles. The predicted molar refractivity (Wildman–Crippen MR) is 59.9 cm³/mol. The van der Waals surface area contributed by atoms with Crippen LogP contribution in [0.25, 0.3) is 0 Å². The molecule has 0 aromatic heterocycles. The Morgan fingerprint density at radius 2 is 2.00 bits per heavy atom. The Kier molecular flexibility index (Phi) is 4.72. The lowest BCUT2D eigenvalue weighted by atomic mass is 10.0. The average Bonchev–Trinajstić information content (AvgIpc) is 2.34. The zero-order valence-electron chi connectivity index (χ0n) is 10.0. The number of hydrogen-bond acceptors (Lipinski definition) is 3.